The number of halogens is 1. The Bertz CT molecular complexity index is 659. The van der Waals surface area contributed by atoms with E-state index >= 15 is 0 Å². The number of nitrogens with zero attached hydrogens (tertiary/aromatic N) is 2. The summed E-state index contributed by atoms with van der Waals surface area (Å²) < 4.78 is 1.75. The minimum Gasteiger partial charge on any atom is -0.387 e. The summed E-state index contributed by atoms with van der Waals surface area (Å²) in [6.45, 7) is 4.14. The van der Waals surface area contributed by atoms with E-state index in [1.165, 1.54) is 0 Å². The standard InChI is InChI=1S/C16H21ClN4O2/c1-3-11(2)21-15(8-9-19-21)20-16(23)18-10-14(22)12-6-4-5-7-13(12)17/h4-9,11,14,22H,3,10H2,1-2H3,(H2,18,20,23). The van der Waals surface area contributed by atoms with Crippen LogP contribution in [-0.2, 0) is 0 Å². The Balaban J connectivity index is 1.91. The quantitative estimate of drug-likeness (QED) is 0.756. The number of aromatic nitrogens is 2. The average molecular weight is 337 g/mol. The summed E-state index contributed by atoms with van der Waals surface area (Å²) in [5.41, 5.74) is 0.583. The second kappa shape index (κ2) is 7.99. The van der Waals surface area contributed by atoms with Crippen molar-refractivity contribution in [3.05, 3.63) is 47.1 Å². The summed E-state index contributed by atoms with van der Waals surface area (Å²) in [6.07, 6.45) is 1.68. The molecule has 0 aliphatic rings. The Labute approximate surface area is 140 Å². The molecule has 1 aromatic carbocycles. The molecule has 0 saturated carbocycles. The van der Waals surface area contributed by atoms with E-state index in [-0.39, 0.29) is 12.6 Å². The van der Waals surface area contributed by atoms with E-state index in [1.54, 1.807) is 41.2 Å². The molecule has 0 aliphatic carbocycles. The third-order valence-corrected chi connectivity index (χ3v) is 3.98. The molecule has 6 nitrogen and oxygen atoms in total. The molecular weight excluding hydrogens is 316 g/mol. The van der Waals surface area contributed by atoms with Gasteiger partial charge in [-0.1, -0.05) is 36.7 Å². The number of aliphatic hydroxyl groups is 1. The molecule has 124 valence electrons. The number of anilines is 1. The topological polar surface area (TPSA) is 79.2 Å². The van der Waals surface area contributed by atoms with Crippen LogP contribution in [0, 0.1) is 0 Å². The number of hydrogen-bond donors (Lipinski definition) is 3. The van der Waals surface area contributed by atoms with Gasteiger partial charge in [0.2, 0.25) is 0 Å². The third-order valence-electron chi connectivity index (χ3n) is 3.64. The molecule has 23 heavy (non-hydrogen) atoms. The maximum atomic E-state index is 12.0. The molecule has 3 N–H and O–H groups in total. The number of carbonyl (C=O) groups excluding carboxylic acids is 1. The van der Waals surface area contributed by atoms with Crippen molar-refractivity contribution in [3.8, 4) is 0 Å². The number of amides is 2. The first-order valence-electron chi connectivity index (χ1n) is 7.53. The van der Waals surface area contributed by atoms with Gasteiger partial charge in [-0.2, -0.15) is 5.10 Å². The van der Waals surface area contributed by atoms with Crippen molar-refractivity contribution in [2.24, 2.45) is 0 Å². The first-order valence-corrected chi connectivity index (χ1v) is 7.91. The lowest BCUT2D eigenvalue weighted by Gasteiger charge is -2.16. The second-order valence-corrected chi connectivity index (χ2v) is 5.70. The number of hydrogen-bond acceptors (Lipinski definition) is 3. The molecule has 1 aromatic heterocycles. The molecular formula is C16H21ClN4O2. The van der Waals surface area contributed by atoms with Crippen LogP contribution in [-0.4, -0.2) is 27.5 Å². The van der Waals surface area contributed by atoms with Gasteiger partial charge in [-0.25, -0.2) is 9.48 Å². The highest BCUT2D eigenvalue weighted by molar-refractivity contribution is 6.31. The van der Waals surface area contributed by atoms with Gasteiger partial charge in [0.05, 0.1) is 18.3 Å². The number of nitrogens with one attached hydrogen (secondary N) is 2. The minimum atomic E-state index is -0.867. The van der Waals surface area contributed by atoms with Crippen LogP contribution in [0.15, 0.2) is 36.5 Å². The average Bonchev–Trinajstić information content (AvgIpc) is 3.00. The first kappa shape index (κ1) is 17.3. The highest BCUT2D eigenvalue weighted by Gasteiger charge is 2.14. The molecule has 2 aromatic rings. The Hall–Kier alpha value is -2.05. The zero-order chi connectivity index (χ0) is 16.8. The Morgan fingerprint density at radius 1 is 1.39 bits per heavy atom. The smallest absolute Gasteiger partial charge is 0.320 e. The van der Waals surface area contributed by atoms with Gasteiger partial charge < -0.3 is 10.4 Å². The van der Waals surface area contributed by atoms with E-state index in [1.807, 2.05) is 6.92 Å². The summed E-state index contributed by atoms with van der Waals surface area (Å²) >= 11 is 6.02. The normalized spacial score (nSPS) is 13.4. The Morgan fingerprint density at radius 2 is 2.13 bits per heavy atom. The van der Waals surface area contributed by atoms with Crippen molar-refractivity contribution in [3.63, 3.8) is 0 Å². The van der Waals surface area contributed by atoms with Gasteiger partial charge in [0.15, 0.2) is 0 Å². The molecule has 1 heterocycles. The van der Waals surface area contributed by atoms with Crippen molar-refractivity contribution in [2.45, 2.75) is 32.4 Å². The maximum Gasteiger partial charge on any atom is 0.320 e. The first-order chi connectivity index (χ1) is 11.0. The Morgan fingerprint density at radius 3 is 2.83 bits per heavy atom. The summed E-state index contributed by atoms with van der Waals surface area (Å²) in [5.74, 6) is 0.615. The fourth-order valence-electron chi connectivity index (χ4n) is 2.14. The number of aliphatic hydroxyl groups excluding tert-OH is 1. The van der Waals surface area contributed by atoms with Crippen molar-refractivity contribution in [2.75, 3.05) is 11.9 Å². The van der Waals surface area contributed by atoms with Crippen molar-refractivity contribution in [1.29, 1.82) is 0 Å². The highest BCUT2D eigenvalue weighted by atomic mass is 35.5. The molecule has 7 heteroatoms. The van der Waals surface area contributed by atoms with E-state index < -0.39 is 12.1 Å². The molecule has 0 radical (unpaired) electrons. The van der Waals surface area contributed by atoms with Crippen LogP contribution >= 0.6 is 11.6 Å². The van der Waals surface area contributed by atoms with Gasteiger partial charge >= 0.3 is 6.03 Å². The second-order valence-electron chi connectivity index (χ2n) is 5.29. The molecule has 0 saturated heterocycles. The number of benzene rings is 1. The molecule has 0 aliphatic heterocycles. The van der Waals surface area contributed by atoms with Crippen molar-refractivity contribution >= 4 is 23.4 Å². The van der Waals surface area contributed by atoms with Gasteiger partial charge in [-0.15, -0.1) is 0 Å². The lowest BCUT2D eigenvalue weighted by molar-refractivity contribution is 0.175. The number of rotatable bonds is 6. The van der Waals surface area contributed by atoms with Crippen LogP contribution in [0.2, 0.25) is 5.02 Å². The van der Waals surface area contributed by atoms with Gasteiger partial charge in [0, 0.05) is 23.2 Å². The van der Waals surface area contributed by atoms with Crippen molar-refractivity contribution in [1.82, 2.24) is 15.1 Å². The Kier molecular flexibility index (Phi) is 6.01. The lowest BCUT2D eigenvalue weighted by Crippen LogP contribution is -2.33. The van der Waals surface area contributed by atoms with Gasteiger partial charge in [-0.3, -0.25) is 5.32 Å². The minimum absolute atomic E-state index is 0.0625. The fraction of sp³-hybridized carbons (Fsp3) is 0.375. The number of urea groups is 1. The maximum absolute atomic E-state index is 12.0. The van der Waals surface area contributed by atoms with E-state index in [2.05, 4.69) is 22.7 Å². The van der Waals surface area contributed by atoms with Gasteiger partial charge in [-0.05, 0) is 19.4 Å². The van der Waals surface area contributed by atoms with Crippen LogP contribution in [0.3, 0.4) is 0 Å². The fourth-order valence-corrected chi connectivity index (χ4v) is 2.40. The van der Waals surface area contributed by atoms with E-state index in [4.69, 9.17) is 11.6 Å². The van der Waals surface area contributed by atoms with E-state index in [0.29, 0.717) is 16.4 Å². The third kappa shape index (κ3) is 4.46. The monoisotopic (exact) mass is 336 g/mol. The van der Waals surface area contributed by atoms with Gasteiger partial charge in [0.1, 0.15) is 5.82 Å². The van der Waals surface area contributed by atoms with Gasteiger partial charge in [0.25, 0.3) is 0 Å². The summed E-state index contributed by atoms with van der Waals surface area (Å²) in [4.78, 5) is 12.0. The molecule has 2 atom stereocenters. The van der Waals surface area contributed by atoms with Crippen LogP contribution in [0.25, 0.3) is 0 Å². The largest absolute Gasteiger partial charge is 0.387 e. The van der Waals surface area contributed by atoms with Crippen LogP contribution < -0.4 is 10.6 Å². The molecule has 2 unspecified atom stereocenters. The molecule has 2 amide bonds. The zero-order valence-electron chi connectivity index (χ0n) is 13.2. The van der Waals surface area contributed by atoms with E-state index in [0.717, 1.165) is 6.42 Å². The van der Waals surface area contributed by atoms with Crippen molar-refractivity contribution < 1.29 is 9.90 Å². The summed E-state index contributed by atoms with van der Waals surface area (Å²) in [7, 11) is 0. The summed E-state index contributed by atoms with van der Waals surface area (Å²) in [5, 5.41) is 20.1. The highest BCUT2D eigenvalue weighted by Crippen LogP contribution is 2.22. The molecule has 0 bridgehead atoms. The van der Waals surface area contributed by atoms with Crippen LogP contribution in [0.1, 0.15) is 38.0 Å². The van der Waals surface area contributed by atoms with Crippen LogP contribution in [0.5, 0.6) is 0 Å². The SMILES string of the molecule is CCC(C)n1nccc1NC(=O)NCC(O)c1ccccc1Cl. The lowest BCUT2D eigenvalue weighted by atomic mass is 10.1. The summed E-state index contributed by atoms with van der Waals surface area (Å²) in [6, 6.07) is 8.52. The molecule has 2 rings (SSSR count). The number of carbonyl (C=O) groups is 1. The predicted octanol–water partition coefficient (Wildman–Crippen LogP) is 3.36. The molecule has 0 fully saturated rings. The molecule has 0 spiro atoms. The zero-order valence-corrected chi connectivity index (χ0v) is 13.9. The predicted molar refractivity (Wildman–Crippen MR) is 90.7 cm³/mol. The van der Waals surface area contributed by atoms with Crippen LogP contribution in [0.4, 0.5) is 10.6 Å². The van der Waals surface area contributed by atoms with E-state index in [9.17, 15) is 9.90 Å².